The van der Waals surface area contributed by atoms with Crippen LogP contribution >= 0.6 is 11.3 Å². The predicted octanol–water partition coefficient (Wildman–Crippen LogP) is 4.65. The van der Waals surface area contributed by atoms with E-state index in [0.717, 1.165) is 16.3 Å². The van der Waals surface area contributed by atoms with Crippen molar-refractivity contribution in [3.63, 3.8) is 0 Å². The van der Waals surface area contributed by atoms with Gasteiger partial charge in [0.15, 0.2) is 11.6 Å². The maximum atomic E-state index is 12.8. The van der Waals surface area contributed by atoms with Crippen LogP contribution < -0.4 is 14.8 Å². The number of hydrogen-bond donors (Lipinski definition) is 1. The number of carbonyl (C=O) groups is 1. The normalized spacial score (nSPS) is 10.5. The zero-order valence-corrected chi connectivity index (χ0v) is 17.6. The number of benzene rings is 1. The van der Waals surface area contributed by atoms with Crippen LogP contribution in [0.1, 0.15) is 26.6 Å². The highest BCUT2D eigenvalue weighted by atomic mass is 32.1. The molecule has 0 unspecified atom stereocenters. The number of anilines is 1. The minimum Gasteiger partial charge on any atom is -0.487 e. The van der Waals surface area contributed by atoms with Gasteiger partial charge >= 0.3 is 0 Å². The van der Waals surface area contributed by atoms with Crippen LogP contribution in [0.25, 0.3) is 0 Å². The lowest BCUT2D eigenvalue weighted by Gasteiger charge is -2.12. The molecule has 0 bridgehead atoms. The Bertz CT molecular complexity index is 1160. The van der Waals surface area contributed by atoms with Crippen LogP contribution in [0.2, 0.25) is 0 Å². The second-order valence-electron chi connectivity index (χ2n) is 6.62. The van der Waals surface area contributed by atoms with E-state index in [9.17, 15) is 4.79 Å². The Morgan fingerprint density at radius 3 is 2.71 bits per heavy atom. The fourth-order valence-corrected chi connectivity index (χ4v) is 3.38. The molecule has 3 heterocycles. The first-order valence-electron chi connectivity index (χ1n) is 9.59. The molecule has 3 aromatic heterocycles. The van der Waals surface area contributed by atoms with Crippen molar-refractivity contribution < 1.29 is 14.3 Å². The van der Waals surface area contributed by atoms with Gasteiger partial charge in [0.2, 0.25) is 0 Å². The third-order valence-corrected chi connectivity index (χ3v) is 5.12. The van der Waals surface area contributed by atoms with Crippen molar-refractivity contribution in [2.75, 3.05) is 5.32 Å². The molecule has 0 aliphatic heterocycles. The van der Waals surface area contributed by atoms with Gasteiger partial charge in [-0.3, -0.25) is 9.78 Å². The number of aromatic nitrogens is 3. The SMILES string of the molecule is Cc1nc(COc2cccc(C(=O)Nc3ncccc3OCc3ccncc3)c2)cs1. The summed E-state index contributed by atoms with van der Waals surface area (Å²) in [5, 5.41) is 5.76. The summed E-state index contributed by atoms with van der Waals surface area (Å²) in [5.41, 5.74) is 2.29. The first-order chi connectivity index (χ1) is 15.2. The highest BCUT2D eigenvalue weighted by Gasteiger charge is 2.12. The molecule has 8 heteroatoms. The van der Waals surface area contributed by atoms with Gasteiger partial charge in [-0.1, -0.05) is 6.07 Å². The predicted molar refractivity (Wildman–Crippen MR) is 118 cm³/mol. The number of rotatable bonds is 8. The Kier molecular flexibility index (Phi) is 6.49. The summed E-state index contributed by atoms with van der Waals surface area (Å²) in [5.74, 6) is 1.13. The molecule has 4 rings (SSSR count). The van der Waals surface area contributed by atoms with E-state index in [0.29, 0.717) is 36.1 Å². The van der Waals surface area contributed by atoms with E-state index in [1.165, 1.54) is 0 Å². The van der Waals surface area contributed by atoms with E-state index >= 15 is 0 Å². The average molecular weight is 433 g/mol. The third-order valence-electron chi connectivity index (χ3n) is 4.30. The lowest BCUT2D eigenvalue weighted by Crippen LogP contribution is -2.14. The van der Waals surface area contributed by atoms with Crippen molar-refractivity contribution in [1.82, 2.24) is 15.0 Å². The molecule has 0 saturated heterocycles. The topological polar surface area (TPSA) is 86.2 Å². The fraction of sp³-hybridized carbons (Fsp3) is 0.130. The van der Waals surface area contributed by atoms with Crippen LogP contribution in [0.3, 0.4) is 0 Å². The lowest BCUT2D eigenvalue weighted by molar-refractivity contribution is 0.102. The summed E-state index contributed by atoms with van der Waals surface area (Å²) < 4.78 is 11.6. The first kappa shape index (κ1) is 20.5. The van der Waals surface area contributed by atoms with E-state index in [4.69, 9.17) is 9.47 Å². The van der Waals surface area contributed by atoms with Gasteiger partial charge < -0.3 is 14.8 Å². The molecule has 1 N–H and O–H groups in total. The number of thiazole rings is 1. The fourth-order valence-electron chi connectivity index (χ4n) is 2.78. The van der Waals surface area contributed by atoms with Gasteiger partial charge in [0.05, 0.1) is 10.7 Å². The van der Waals surface area contributed by atoms with Crippen LogP contribution in [-0.4, -0.2) is 20.9 Å². The van der Waals surface area contributed by atoms with Crippen molar-refractivity contribution in [1.29, 1.82) is 0 Å². The minimum absolute atomic E-state index is 0.303. The van der Waals surface area contributed by atoms with Crippen molar-refractivity contribution in [3.8, 4) is 11.5 Å². The number of amides is 1. The smallest absolute Gasteiger partial charge is 0.257 e. The van der Waals surface area contributed by atoms with Crippen molar-refractivity contribution in [2.24, 2.45) is 0 Å². The van der Waals surface area contributed by atoms with Crippen LogP contribution in [0.5, 0.6) is 11.5 Å². The summed E-state index contributed by atoms with van der Waals surface area (Å²) in [6.45, 7) is 2.64. The molecule has 31 heavy (non-hydrogen) atoms. The van der Waals surface area contributed by atoms with E-state index < -0.39 is 0 Å². The Morgan fingerprint density at radius 2 is 1.90 bits per heavy atom. The molecule has 7 nitrogen and oxygen atoms in total. The molecule has 156 valence electrons. The van der Waals surface area contributed by atoms with Crippen LogP contribution in [0, 0.1) is 6.92 Å². The summed E-state index contributed by atoms with van der Waals surface area (Å²) in [4.78, 5) is 25.4. The van der Waals surface area contributed by atoms with Gasteiger partial charge in [-0.05, 0) is 55.0 Å². The number of ether oxygens (including phenoxy) is 2. The standard InChI is InChI=1S/C23H20N4O3S/c1-16-26-19(15-31-16)14-29-20-5-2-4-18(12-20)23(28)27-22-21(6-3-9-25-22)30-13-17-7-10-24-11-8-17/h2-12,15H,13-14H2,1H3,(H,25,27,28). The third kappa shape index (κ3) is 5.64. The van der Waals surface area contributed by atoms with Gasteiger partial charge in [-0.25, -0.2) is 9.97 Å². The number of carbonyl (C=O) groups excluding carboxylic acids is 1. The Balaban J connectivity index is 1.41. The molecule has 0 aliphatic carbocycles. The molecule has 0 saturated carbocycles. The zero-order valence-electron chi connectivity index (χ0n) is 16.8. The van der Waals surface area contributed by atoms with Gasteiger partial charge in [0, 0.05) is 29.5 Å². The van der Waals surface area contributed by atoms with Crippen molar-refractivity contribution in [2.45, 2.75) is 20.1 Å². The molecular formula is C23H20N4O3S. The second-order valence-corrected chi connectivity index (χ2v) is 7.69. The van der Waals surface area contributed by atoms with Crippen LogP contribution in [0.15, 0.2) is 72.5 Å². The Morgan fingerprint density at radius 1 is 1.03 bits per heavy atom. The Labute approximate surface area is 183 Å². The quantitative estimate of drug-likeness (QED) is 0.436. The number of pyridine rings is 2. The highest BCUT2D eigenvalue weighted by molar-refractivity contribution is 7.09. The van der Waals surface area contributed by atoms with E-state index in [2.05, 4.69) is 20.3 Å². The number of aryl methyl sites for hydroxylation is 1. The maximum Gasteiger partial charge on any atom is 0.257 e. The van der Waals surface area contributed by atoms with Crippen molar-refractivity contribution in [3.05, 3.63) is 94.3 Å². The number of nitrogens with one attached hydrogen (secondary N) is 1. The van der Waals surface area contributed by atoms with E-state index in [1.54, 1.807) is 66.3 Å². The molecule has 0 aliphatic rings. The molecule has 1 aromatic carbocycles. The molecule has 0 radical (unpaired) electrons. The zero-order chi connectivity index (χ0) is 21.5. The molecule has 0 spiro atoms. The van der Waals surface area contributed by atoms with E-state index in [1.807, 2.05) is 24.4 Å². The highest BCUT2D eigenvalue weighted by Crippen LogP contribution is 2.23. The largest absolute Gasteiger partial charge is 0.487 e. The molecular weight excluding hydrogens is 412 g/mol. The van der Waals surface area contributed by atoms with Crippen LogP contribution in [0.4, 0.5) is 5.82 Å². The van der Waals surface area contributed by atoms with Crippen molar-refractivity contribution >= 4 is 23.1 Å². The maximum absolute atomic E-state index is 12.8. The monoisotopic (exact) mass is 432 g/mol. The lowest BCUT2D eigenvalue weighted by atomic mass is 10.2. The van der Waals surface area contributed by atoms with Crippen LogP contribution in [-0.2, 0) is 13.2 Å². The first-order valence-corrected chi connectivity index (χ1v) is 10.5. The van der Waals surface area contributed by atoms with Gasteiger partial charge in [-0.15, -0.1) is 11.3 Å². The van der Waals surface area contributed by atoms with Gasteiger partial charge in [0.25, 0.3) is 5.91 Å². The molecule has 0 atom stereocenters. The summed E-state index contributed by atoms with van der Waals surface area (Å²) >= 11 is 1.58. The van der Waals surface area contributed by atoms with Gasteiger partial charge in [0.1, 0.15) is 19.0 Å². The summed E-state index contributed by atoms with van der Waals surface area (Å²) in [6.07, 6.45) is 5.01. The van der Waals surface area contributed by atoms with E-state index in [-0.39, 0.29) is 5.91 Å². The second kappa shape index (κ2) is 9.82. The minimum atomic E-state index is -0.303. The molecule has 0 fully saturated rings. The number of nitrogens with zero attached hydrogens (tertiary/aromatic N) is 3. The molecule has 4 aromatic rings. The number of hydrogen-bond acceptors (Lipinski definition) is 7. The summed E-state index contributed by atoms with van der Waals surface area (Å²) in [6, 6.07) is 14.2. The average Bonchev–Trinajstić information content (AvgIpc) is 3.23. The van der Waals surface area contributed by atoms with Gasteiger partial charge in [-0.2, -0.15) is 0 Å². The Hall–Kier alpha value is -3.78. The summed E-state index contributed by atoms with van der Waals surface area (Å²) in [7, 11) is 0. The molecule has 1 amide bonds.